The average molecular weight is 355 g/mol. The molecule has 1 amide bonds. The van der Waals surface area contributed by atoms with E-state index < -0.39 is 11.9 Å². The highest BCUT2D eigenvalue weighted by Crippen LogP contribution is 2.36. The summed E-state index contributed by atoms with van der Waals surface area (Å²) in [4.78, 5) is 25.5. The topological polar surface area (TPSA) is 76.1 Å². The van der Waals surface area contributed by atoms with E-state index in [-0.39, 0.29) is 12.5 Å². The molecule has 1 N–H and O–H groups in total. The summed E-state index contributed by atoms with van der Waals surface area (Å²) in [6.07, 6.45) is 0.859. The van der Waals surface area contributed by atoms with Crippen LogP contribution in [0.1, 0.15) is 24.3 Å². The van der Waals surface area contributed by atoms with E-state index in [1.807, 2.05) is 30.3 Å². The molecule has 6 heteroatoms. The second-order valence-electron chi connectivity index (χ2n) is 6.08. The van der Waals surface area contributed by atoms with Gasteiger partial charge in [0.25, 0.3) is 0 Å². The highest BCUT2D eigenvalue weighted by atomic mass is 16.5. The number of hydrogen-bond donors (Lipinski definition) is 1. The Balaban J connectivity index is 1.53. The van der Waals surface area contributed by atoms with Crippen LogP contribution in [-0.4, -0.2) is 37.2 Å². The fraction of sp³-hybridized carbons (Fsp3) is 0.300. The Morgan fingerprint density at radius 2 is 1.81 bits per heavy atom. The van der Waals surface area contributed by atoms with Crippen molar-refractivity contribution in [2.75, 3.05) is 25.2 Å². The molecular formula is C20H21NO5. The van der Waals surface area contributed by atoms with Crippen LogP contribution in [0.25, 0.3) is 0 Å². The zero-order chi connectivity index (χ0) is 18.5. The Morgan fingerprint density at radius 3 is 2.50 bits per heavy atom. The Hall–Kier alpha value is -3.02. The number of anilines is 1. The summed E-state index contributed by atoms with van der Waals surface area (Å²) < 4.78 is 10.7. The molecule has 0 aliphatic carbocycles. The summed E-state index contributed by atoms with van der Waals surface area (Å²) in [5.74, 6) is -0.176. The van der Waals surface area contributed by atoms with Crippen molar-refractivity contribution in [1.82, 2.24) is 0 Å². The molecule has 1 heterocycles. The quantitative estimate of drug-likeness (QED) is 0.773. The number of nitrogens with zero attached hydrogens (tertiary/aromatic N) is 1. The third-order valence-electron chi connectivity index (χ3n) is 4.43. The van der Waals surface area contributed by atoms with Gasteiger partial charge in [-0.3, -0.25) is 9.59 Å². The number of para-hydroxylation sites is 1. The fourth-order valence-corrected chi connectivity index (χ4v) is 3.07. The van der Waals surface area contributed by atoms with Crippen molar-refractivity contribution >= 4 is 17.6 Å². The third-order valence-corrected chi connectivity index (χ3v) is 4.43. The summed E-state index contributed by atoms with van der Waals surface area (Å²) in [5.41, 5.74) is 1.39. The predicted molar refractivity (Wildman–Crippen MR) is 96.9 cm³/mol. The largest absolute Gasteiger partial charge is 0.497 e. The number of carboxylic acids is 1. The van der Waals surface area contributed by atoms with Crippen LogP contribution in [0, 0.1) is 0 Å². The first kappa shape index (κ1) is 17.8. The summed E-state index contributed by atoms with van der Waals surface area (Å²) in [6, 6.07) is 14.4. The molecule has 1 aliphatic heterocycles. The lowest BCUT2D eigenvalue weighted by Crippen LogP contribution is -2.31. The zero-order valence-corrected chi connectivity index (χ0v) is 14.6. The van der Waals surface area contributed by atoms with Gasteiger partial charge >= 0.3 is 5.97 Å². The minimum absolute atomic E-state index is 0.0838. The van der Waals surface area contributed by atoms with Gasteiger partial charge in [-0.1, -0.05) is 18.2 Å². The average Bonchev–Trinajstić information content (AvgIpc) is 3.05. The molecule has 136 valence electrons. The Kier molecular flexibility index (Phi) is 5.41. The van der Waals surface area contributed by atoms with Crippen molar-refractivity contribution in [2.24, 2.45) is 0 Å². The van der Waals surface area contributed by atoms with Gasteiger partial charge in [0.15, 0.2) is 0 Å². The predicted octanol–water partition coefficient (Wildman–Crippen LogP) is 3.07. The molecule has 26 heavy (non-hydrogen) atoms. The number of fused-ring (bicyclic) bond motifs is 1. The summed E-state index contributed by atoms with van der Waals surface area (Å²) in [7, 11) is 1.60. The molecule has 1 unspecified atom stereocenters. The number of carbonyl (C=O) groups is 2. The van der Waals surface area contributed by atoms with Crippen LogP contribution in [0.5, 0.6) is 11.5 Å². The van der Waals surface area contributed by atoms with E-state index in [0.29, 0.717) is 30.7 Å². The van der Waals surface area contributed by atoms with E-state index in [1.165, 1.54) is 0 Å². The van der Waals surface area contributed by atoms with Gasteiger partial charge in [0.1, 0.15) is 17.4 Å². The maximum absolute atomic E-state index is 12.5. The Morgan fingerprint density at radius 1 is 1.12 bits per heavy atom. The van der Waals surface area contributed by atoms with Crippen LogP contribution >= 0.6 is 0 Å². The van der Waals surface area contributed by atoms with Crippen LogP contribution in [0.15, 0.2) is 48.5 Å². The molecule has 0 saturated heterocycles. The van der Waals surface area contributed by atoms with E-state index in [1.54, 1.807) is 30.2 Å². The zero-order valence-electron chi connectivity index (χ0n) is 14.6. The fourth-order valence-electron chi connectivity index (χ4n) is 3.07. The van der Waals surface area contributed by atoms with Crippen molar-refractivity contribution in [3.63, 3.8) is 0 Å². The molecule has 3 rings (SSSR count). The molecule has 0 saturated carbocycles. The maximum Gasteiger partial charge on any atom is 0.312 e. The minimum atomic E-state index is -0.907. The number of rotatable bonds is 7. The van der Waals surface area contributed by atoms with Crippen molar-refractivity contribution in [3.8, 4) is 11.5 Å². The second kappa shape index (κ2) is 7.91. The van der Waals surface area contributed by atoms with Gasteiger partial charge < -0.3 is 19.5 Å². The molecule has 6 nitrogen and oxygen atoms in total. The molecule has 0 bridgehead atoms. The highest BCUT2D eigenvalue weighted by molar-refractivity contribution is 5.98. The maximum atomic E-state index is 12.5. The number of hydrogen-bond acceptors (Lipinski definition) is 4. The molecule has 1 aliphatic rings. The molecule has 0 radical (unpaired) electrons. The molecule has 0 aromatic heterocycles. The third kappa shape index (κ3) is 3.79. The normalized spacial score (nSPS) is 15.4. The number of amides is 1. The van der Waals surface area contributed by atoms with E-state index >= 15 is 0 Å². The van der Waals surface area contributed by atoms with Crippen molar-refractivity contribution in [1.29, 1.82) is 0 Å². The van der Waals surface area contributed by atoms with Gasteiger partial charge in [-0.15, -0.1) is 0 Å². The number of carbonyl (C=O) groups excluding carboxylic acids is 1. The molecule has 2 aromatic rings. The van der Waals surface area contributed by atoms with Crippen LogP contribution < -0.4 is 14.4 Å². The van der Waals surface area contributed by atoms with Crippen LogP contribution in [-0.2, 0) is 9.59 Å². The number of methoxy groups -OCH3 is 1. The smallest absolute Gasteiger partial charge is 0.312 e. The van der Waals surface area contributed by atoms with Gasteiger partial charge in [0.05, 0.1) is 13.7 Å². The minimum Gasteiger partial charge on any atom is -0.497 e. The SMILES string of the molecule is COc1ccc(OCCCC(=O)N2CC(C(=O)O)c3ccccc32)cc1. The van der Waals surface area contributed by atoms with Crippen molar-refractivity contribution in [3.05, 3.63) is 54.1 Å². The number of aliphatic carboxylic acids is 1. The van der Waals surface area contributed by atoms with Gasteiger partial charge in [-0.25, -0.2) is 0 Å². The molecule has 0 fully saturated rings. The van der Waals surface area contributed by atoms with E-state index in [4.69, 9.17) is 9.47 Å². The molecular weight excluding hydrogens is 334 g/mol. The second-order valence-corrected chi connectivity index (χ2v) is 6.08. The van der Waals surface area contributed by atoms with E-state index in [0.717, 1.165) is 11.5 Å². The number of ether oxygens (including phenoxy) is 2. The Labute approximate surface area is 152 Å². The van der Waals surface area contributed by atoms with Gasteiger partial charge in [0, 0.05) is 18.7 Å². The Bertz CT molecular complexity index is 787. The lowest BCUT2D eigenvalue weighted by Gasteiger charge is -2.17. The van der Waals surface area contributed by atoms with Crippen molar-refractivity contribution < 1.29 is 24.2 Å². The van der Waals surface area contributed by atoms with Gasteiger partial charge in [-0.2, -0.15) is 0 Å². The van der Waals surface area contributed by atoms with Crippen LogP contribution in [0.2, 0.25) is 0 Å². The first-order chi connectivity index (χ1) is 12.6. The lowest BCUT2D eigenvalue weighted by molar-refractivity contribution is -0.138. The summed E-state index contributed by atoms with van der Waals surface area (Å²) >= 11 is 0. The molecule has 1 atom stereocenters. The summed E-state index contributed by atoms with van der Waals surface area (Å²) in [6.45, 7) is 0.600. The molecule has 2 aromatic carbocycles. The first-order valence-corrected chi connectivity index (χ1v) is 8.49. The lowest BCUT2D eigenvalue weighted by atomic mass is 10.0. The standard InChI is InChI=1S/C20H21NO5/c1-25-14-8-10-15(11-9-14)26-12-4-7-19(22)21-13-17(20(23)24)16-5-2-3-6-18(16)21/h2-3,5-6,8-11,17H,4,7,12-13H2,1H3,(H,23,24). The number of benzene rings is 2. The van der Waals surface area contributed by atoms with E-state index in [9.17, 15) is 14.7 Å². The highest BCUT2D eigenvalue weighted by Gasteiger charge is 2.35. The monoisotopic (exact) mass is 355 g/mol. The molecule has 0 spiro atoms. The van der Waals surface area contributed by atoms with Gasteiger partial charge in [0.2, 0.25) is 5.91 Å². The van der Waals surface area contributed by atoms with Crippen LogP contribution in [0.3, 0.4) is 0 Å². The van der Waals surface area contributed by atoms with E-state index in [2.05, 4.69) is 0 Å². The van der Waals surface area contributed by atoms with Crippen molar-refractivity contribution in [2.45, 2.75) is 18.8 Å². The van der Waals surface area contributed by atoms with Crippen LogP contribution in [0.4, 0.5) is 5.69 Å². The number of carboxylic acid groups (broad SMARTS) is 1. The summed E-state index contributed by atoms with van der Waals surface area (Å²) in [5, 5.41) is 9.37. The first-order valence-electron chi connectivity index (χ1n) is 8.49. The van der Waals surface area contributed by atoms with Gasteiger partial charge in [-0.05, 0) is 42.3 Å².